The molecule has 5 rings (SSSR count). The van der Waals surface area contributed by atoms with E-state index in [1.807, 2.05) is 32.9 Å². The molecule has 4 aliphatic heterocycles. The van der Waals surface area contributed by atoms with Crippen molar-refractivity contribution in [1.82, 2.24) is 15.1 Å². The fraction of sp³-hybridized carbons (Fsp3) is 0.600. The Morgan fingerprint density at radius 1 is 1.18 bits per heavy atom. The van der Waals surface area contributed by atoms with E-state index in [1.54, 1.807) is 9.80 Å². The van der Waals surface area contributed by atoms with Gasteiger partial charge in [0.05, 0.1) is 12.2 Å². The fourth-order valence-corrected chi connectivity index (χ4v) is 5.48. The Morgan fingerprint density at radius 2 is 1.91 bits per heavy atom. The van der Waals surface area contributed by atoms with E-state index < -0.39 is 17.6 Å². The minimum atomic E-state index is -0.635. The first-order valence-corrected chi connectivity index (χ1v) is 12.0. The van der Waals surface area contributed by atoms with Crippen LogP contribution < -0.4 is 10.1 Å². The molecule has 0 aliphatic carbocycles. The maximum atomic E-state index is 13.5. The van der Waals surface area contributed by atoms with Crippen LogP contribution in [0.25, 0.3) is 0 Å². The van der Waals surface area contributed by atoms with Gasteiger partial charge in [0.1, 0.15) is 17.4 Å². The minimum absolute atomic E-state index is 0.150. The Bertz CT molecular complexity index is 1070. The number of fused-ring (bicyclic) bond motifs is 3. The predicted octanol–water partition coefficient (Wildman–Crippen LogP) is 2.40. The Balaban J connectivity index is 1.33. The Hall–Kier alpha value is -3.10. The molecule has 0 bridgehead atoms. The topological polar surface area (TPSA) is 105 Å². The molecule has 182 valence electrons. The number of carbonyl (C=O) groups is 4. The second-order valence-corrected chi connectivity index (χ2v) is 10.9. The first-order valence-electron chi connectivity index (χ1n) is 12.0. The van der Waals surface area contributed by atoms with Crippen molar-refractivity contribution in [3.05, 3.63) is 28.8 Å². The molecule has 2 fully saturated rings. The summed E-state index contributed by atoms with van der Waals surface area (Å²) in [6.45, 7) is 7.64. The molecule has 9 nitrogen and oxygen atoms in total. The number of amides is 4. The molecule has 9 heteroatoms. The van der Waals surface area contributed by atoms with Crippen molar-refractivity contribution in [3.8, 4) is 5.75 Å². The normalized spacial score (nSPS) is 23.9. The summed E-state index contributed by atoms with van der Waals surface area (Å²) in [5, 5.41) is 2.35. The number of likely N-dealkylation sites (tertiary alicyclic amines) is 1. The van der Waals surface area contributed by atoms with Gasteiger partial charge in [0.25, 0.3) is 5.91 Å². The number of carbonyl (C=O) groups excluding carboxylic acids is 4. The highest BCUT2D eigenvalue weighted by Crippen LogP contribution is 2.45. The monoisotopic (exact) mass is 469 g/mol. The van der Waals surface area contributed by atoms with E-state index in [-0.39, 0.29) is 29.7 Å². The van der Waals surface area contributed by atoms with Crippen LogP contribution in [0.2, 0.25) is 0 Å². The van der Waals surface area contributed by atoms with Crippen molar-refractivity contribution in [2.24, 2.45) is 5.41 Å². The molecule has 34 heavy (non-hydrogen) atoms. The van der Waals surface area contributed by atoms with Gasteiger partial charge >= 0.3 is 6.09 Å². The molecule has 0 radical (unpaired) electrons. The molecule has 1 unspecified atom stereocenters. The standard InChI is InChI=1S/C25H31N3O6/c1-24(2,3)34-23(32)27-10-8-25(9-11-27)12-16-18(33-14-25)6-4-15-13-28(22(31)20(15)16)17-5-7-19(29)26-21(17)30/h4,6,17H,5,7-14H2,1-3H3,(H,26,29,30). The van der Waals surface area contributed by atoms with Crippen molar-refractivity contribution >= 4 is 23.8 Å². The Morgan fingerprint density at radius 3 is 2.59 bits per heavy atom. The summed E-state index contributed by atoms with van der Waals surface area (Å²) in [4.78, 5) is 53.2. The first-order chi connectivity index (χ1) is 16.1. The quantitative estimate of drug-likeness (QED) is 0.634. The molecule has 4 heterocycles. The molecular formula is C25H31N3O6. The highest BCUT2D eigenvalue weighted by atomic mass is 16.6. The fourth-order valence-electron chi connectivity index (χ4n) is 5.48. The molecule has 0 aromatic heterocycles. The molecule has 1 atom stereocenters. The highest BCUT2D eigenvalue weighted by Gasteiger charge is 2.45. The third-order valence-corrected chi connectivity index (χ3v) is 7.32. The minimum Gasteiger partial charge on any atom is -0.493 e. The summed E-state index contributed by atoms with van der Waals surface area (Å²) >= 11 is 0. The van der Waals surface area contributed by atoms with Gasteiger partial charge in [0, 0.05) is 37.0 Å². The summed E-state index contributed by atoms with van der Waals surface area (Å²) < 4.78 is 11.7. The van der Waals surface area contributed by atoms with E-state index in [0.29, 0.717) is 44.6 Å². The molecule has 1 aromatic carbocycles. The van der Waals surface area contributed by atoms with Crippen LogP contribution in [0, 0.1) is 5.41 Å². The van der Waals surface area contributed by atoms with Crippen molar-refractivity contribution < 1.29 is 28.7 Å². The summed E-state index contributed by atoms with van der Waals surface area (Å²) in [5.74, 6) is -0.157. The number of nitrogens with zero attached hydrogens (tertiary/aromatic N) is 2. The van der Waals surface area contributed by atoms with Crippen LogP contribution in [-0.4, -0.2) is 65.0 Å². The number of benzene rings is 1. The highest BCUT2D eigenvalue weighted by molar-refractivity contribution is 6.06. The van der Waals surface area contributed by atoms with Crippen LogP contribution in [0.4, 0.5) is 4.79 Å². The lowest BCUT2D eigenvalue weighted by Gasteiger charge is -2.44. The number of hydrogen-bond donors (Lipinski definition) is 1. The summed E-state index contributed by atoms with van der Waals surface area (Å²) in [7, 11) is 0. The van der Waals surface area contributed by atoms with Crippen molar-refractivity contribution in [3.63, 3.8) is 0 Å². The SMILES string of the molecule is CC(C)(C)OC(=O)N1CCC2(CC1)COc1ccc3c(c1C2)C(=O)N(C1CCC(=O)NC1=O)C3. The number of hydrogen-bond acceptors (Lipinski definition) is 6. The summed E-state index contributed by atoms with van der Waals surface area (Å²) in [6.07, 6.45) is 2.50. The largest absolute Gasteiger partial charge is 0.493 e. The van der Waals surface area contributed by atoms with E-state index in [1.165, 1.54) is 0 Å². The lowest BCUT2D eigenvalue weighted by Crippen LogP contribution is -2.52. The summed E-state index contributed by atoms with van der Waals surface area (Å²) in [5.41, 5.74) is 1.74. The second-order valence-electron chi connectivity index (χ2n) is 10.9. The van der Waals surface area contributed by atoms with Gasteiger partial charge in [-0.3, -0.25) is 19.7 Å². The van der Waals surface area contributed by atoms with Gasteiger partial charge in [0.2, 0.25) is 11.8 Å². The number of piperidine rings is 2. The van der Waals surface area contributed by atoms with Crippen LogP contribution >= 0.6 is 0 Å². The number of ether oxygens (including phenoxy) is 2. The molecule has 4 amide bonds. The van der Waals surface area contributed by atoms with Crippen LogP contribution in [-0.2, 0) is 27.3 Å². The molecule has 1 spiro atoms. The molecule has 1 N–H and O–H groups in total. The maximum Gasteiger partial charge on any atom is 0.410 e. The average molecular weight is 470 g/mol. The Kier molecular flexibility index (Phi) is 5.33. The van der Waals surface area contributed by atoms with Crippen LogP contribution in [0.5, 0.6) is 5.75 Å². The molecule has 1 aromatic rings. The van der Waals surface area contributed by atoms with Gasteiger partial charge in [-0.2, -0.15) is 0 Å². The van der Waals surface area contributed by atoms with Gasteiger partial charge in [0.15, 0.2) is 0 Å². The van der Waals surface area contributed by atoms with E-state index in [2.05, 4.69) is 5.32 Å². The number of imide groups is 1. The van der Waals surface area contributed by atoms with Crippen molar-refractivity contribution in [1.29, 1.82) is 0 Å². The van der Waals surface area contributed by atoms with Crippen molar-refractivity contribution in [2.75, 3.05) is 19.7 Å². The van der Waals surface area contributed by atoms with Crippen molar-refractivity contribution in [2.45, 2.75) is 71.1 Å². The third kappa shape index (κ3) is 4.01. The lowest BCUT2D eigenvalue weighted by molar-refractivity contribution is -0.136. The third-order valence-electron chi connectivity index (χ3n) is 7.32. The van der Waals surface area contributed by atoms with E-state index in [4.69, 9.17) is 9.47 Å². The molecular weight excluding hydrogens is 438 g/mol. The van der Waals surface area contributed by atoms with E-state index >= 15 is 0 Å². The first kappa shape index (κ1) is 22.7. The smallest absolute Gasteiger partial charge is 0.410 e. The molecule has 0 saturated carbocycles. The van der Waals surface area contributed by atoms with E-state index in [0.717, 1.165) is 29.7 Å². The molecule has 4 aliphatic rings. The Labute approximate surface area is 198 Å². The van der Waals surface area contributed by atoms with Crippen LogP contribution in [0.1, 0.15) is 67.9 Å². The maximum absolute atomic E-state index is 13.5. The lowest BCUT2D eigenvalue weighted by atomic mass is 9.72. The average Bonchev–Trinajstić information content (AvgIpc) is 3.10. The van der Waals surface area contributed by atoms with E-state index in [9.17, 15) is 19.2 Å². The number of rotatable bonds is 1. The number of nitrogens with one attached hydrogen (secondary N) is 1. The van der Waals surface area contributed by atoms with Gasteiger partial charge in [-0.25, -0.2) is 4.79 Å². The van der Waals surface area contributed by atoms with Crippen LogP contribution in [0.3, 0.4) is 0 Å². The van der Waals surface area contributed by atoms with Gasteiger partial charge in [-0.15, -0.1) is 0 Å². The van der Waals surface area contributed by atoms with Gasteiger partial charge in [-0.1, -0.05) is 6.07 Å². The van der Waals surface area contributed by atoms with Gasteiger partial charge < -0.3 is 19.3 Å². The zero-order chi connectivity index (χ0) is 24.3. The summed E-state index contributed by atoms with van der Waals surface area (Å²) in [6, 6.07) is 3.18. The second kappa shape index (κ2) is 7.99. The molecule has 2 saturated heterocycles. The zero-order valence-electron chi connectivity index (χ0n) is 19.9. The zero-order valence-corrected chi connectivity index (χ0v) is 19.9. The predicted molar refractivity (Wildman–Crippen MR) is 121 cm³/mol. The van der Waals surface area contributed by atoms with Gasteiger partial charge in [-0.05, 0) is 58.1 Å². The van der Waals surface area contributed by atoms with Crippen LogP contribution in [0.15, 0.2) is 12.1 Å².